The summed E-state index contributed by atoms with van der Waals surface area (Å²) in [5.74, 6) is 1.21. The van der Waals surface area contributed by atoms with E-state index < -0.39 is 0 Å². The first-order valence-electron chi connectivity index (χ1n) is 6.40. The number of para-hydroxylation sites is 2. The van der Waals surface area contributed by atoms with Crippen LogP contribution in [-0.2, 0) is 0 Å². The summed E-state index contributed by atoms with van der Waals surface area (Å²) in [6, 6.07) is 10.7. The number of nitrogens with one attached hydrogen (secondary N) is 2. The number of rotatable bonds is 5. The lowest BCUT2D eigenvalue weighted by Gasteiger charge is -2.09. The van der Waals surface area contributed by atoms with Gasteiger partial charge in [-0.3, -0.25) is 0 Å². The smallest absolute Gasteiger partial charge is 0.364 e. The van der Waals surface area contributed by atoms with Crippen LogP contribution in [0.1, 0.15) is 0 Å². The van der Waals surface area contributed by atoms with Gasteiger partial charge in [0.25, 0.3) is 0 Å². The molecule has 8 nitrogen and oxygen atoms in total. The molecule has 21 heavy (non-hydrogen) atoms. The highest BCUT2D eigenvalue weighted by atomic mass is 16.5. The minimum absolute atomic E-state index is 0.373. The number of nitrogens with two attached hydrogens (primary N) is 1. The van der Waals surface area contributed by atoms with E-state index >= 15 is 0 Å². The summed E-state index contributed by atoms with van der Waals surface area (Å²) in [6.07, 6.45) is 0. The zero-order valence-electron chi connectivity index (χ0n) is 11.1. The fourth-order valence-corrected chi connectivity index (χ4v) is 1.85. The average Bonchev–Trinajstić information content (AvgIpc) is 2.86. The number of hydrogen-bond acceptors (Lipinski definition) is 6. The number of ether oxygens (including phenoxy) is 1. The number of aromatic nitrogens is 4. The lowest BCUT2D eigenvalue weighted by atomic mass is 10.3. The molecule has 0 unspecified atom stereocenters. The normalized spacial score (nSPS) is 10.7. The molecule has 3 rings (SSSR count). The highest BCUT2D eigenvalue weighted by molar-refractivity contribution is 5.51. The van der Waals surface area contributed by atoms with Crippen molar-refractivity contribution >= 4 is 17.2 Å². The van der Waals surface area contributed by atoms with Gasteiger partial charge >= 0.3 is 5.69 Å². The Hall–Kier alpha value is -3.03. The van der Waals surface area contributed by atoms with Crippen LogP contribution in [0.25, 0.3) is 5.65 Å². The summed E-state index contributed by atoms with van der Waals surface area (Å²) < 4.78 is 6.75. The van der Waals surface area contributed by atoms with Crippen LogP contribution >= 0.6 is 0 Å². The fraction of sp³-hybridized carbons (Fsp3) is 0.154. The molecule has 0 aliphatic heterocycles. The first kappa shape index (κ1) is 13.0. The topological polar surface area (TPSA) is 110 Å². The van der Waals surface area contributed by atoms with Gasteiger partial charge in [-0.25, -0.2) is 9.89 Å². The summed E-state index contributed by atoms with van der Waals surface area (Å²) in [5, 5.41) is 13.3. The molecule has 1 aromatic carbocycles. The second kappa shape index (κ2) is 5.53. The Morgan fingerprint density at radius 2 is 2.14 bits per heavy atom. The number of hydrogen-bond donors (Lipinski definition) is 3. The van der Waals surface area contributed by atoms with Gasteiger partial charge in [0.15, 0.2) is 5.65 Å². The van der Waals surface area contributed by atoms with Crippen LogP contribution in [0.2, 0.25) is 0 Å². The highest BCUT2D eigenvalue weighted by Gasteiger charge is 2.02. The zero-order chi connectivity index (χ0) is 14.7. The van der Waals surface area contributed by atoms with Crippen molar-refractivity contribution in [1.82, 2.24) is 19.8 Å². The molecule has 0 spiro atoms. The predicted octanol–water partition coefficient (Wildman–Crippen LogP) is 0.491. The van der Waals surface area contributed by atoms with Gasteiger partial charge in [-0.2, -0.15) is 9.61 Å². The number of aromatic amines is 1. The Bertz CT molecular complexity index is 810. The number of nitrogen functional groups attached to an aromatic ring is 1. The quantitative estimate of drug-likeness (QED) is 0.465. The van der Waals surface area contributed by atoms with E-state index in [2.05, 4.69) is 20.6 Å². The van der Waals surface area contributed by atoms with Gasteiger partial charge in [-0.1, -0.05) is 12.1 Å². The molecule has 0 aliphatic rings. The molecular weight excluding hydrogens is 272 g/mol. The molecule has 0 amide bonds. The Kier molecular flexibility index (Phi) is 3.42. The van der Waals surface area contributed by atoms with Crippen molar-refractivity contribution in [2.45, 2.75) is 0 Å². The van der Waals surface area contributed by atoms with E-state index in [4.69, 9.17) is 10.5 Å². The maximum atomic E-state index is 11.4. The van der Waals surface area contributed by atoms with Crippen molar-refractivity contribution < 1.29 is 4.74 Å². The second-order valence-corrected chi connectivity index (χ2v) is 4.33. The van der Waals surface area contributed by atoms with Crippen LogP contribution in [0.4, 0.5) is 11.5 Å². The lowest BCUT2D eigenvalue weighted by Crippen LogP contribution is -2.16. The molecule has 3 aromatic rings. The van der Waals surface area contributed by atoms with Gasteiger partial charge in [0.2, 0.25) is 0 Å². The molecule has 2 aromatic heterocycles. The van der Waals surface area contributed by atoms with Gasteiger partial charge in [-0.05, 0) is 24.3 Å². The molecule has 0 aliphatic carbocycles. The van der Waals surface area contributed by atoms with Gasteiger partial charge in [0.1, 0.15) is 18.2 Å². The largest absolute Gasteiger partial charge is 0.490 e. The van der Waals surface area contributed by atoms with E-state index in [1.165, 1.54) is 4.52 Å². The van der Waals surface area contributed by atoms with Gasteiger partial charge in [-0.15, -0.1) is 5.10 Å². The maximum absolute atomic E-state index is 11.4. The van der Waals surface area contributed by atoms with Gasteiger partial charge in [0.05, 0.1) is 12.2 Å². The van der Waals surface area contributed by atoms with E-state index in [-0.39, 0.29) is 5.69 Å². The number of H-pyrrole nitrogens is 1. The van der Waals surface area contributed by atoms with Crippen LogP contribution in [0.3, 0.4) is 0 Å². The maximum Gasteiger partial charge on any atom is 0.364 e. The summed E-state index contributed by atoms with van der Waals surface area (Å²) in [5.41, 5.74) is 6.47. The molecule has 0 radical (unpaired) electrons. The number of fused-ring (bicyclic) bond motifs is 1. The number of anilines is 2. The molecular formula is C13H14N6O2. The zero-order valence-corrected chi connectivity index (χ0v) is 11.1. The molecule has 108 valence electrons. The lowest BCUT2D eigenvalue weighted by molar-refractivity contribution is 0.334. The monoisotopic (exact) mass is 286 g/mol. The fourth-order valence-electron chi connectivity index (χ4n) is 1.85. The van der Waals surface area contributed by atoms with E-state index in [0.717, 1.165) is 0 Å². The molecule has 4 N–H and O–H groups in total. The van der Waals surface area contributed by atoms with Crippen LogP contribution in [-0.4, -0.2) is 33.0 Å². The van der Waals surface area contributed by atoms with Crippen LogP contribution in [0, 0.1) is 0 Å². The molecule has 0 saturated heterocycles. The van der Waals surface area contributed by atoms with Crippen LogP contribution in [0.15, 0.2) is 41.2 Å². The van der Waals surface area contributed by atoms with Crippen molar-refractivity contribution in [3.05, 3.63) is 46.9 Å². The van der Waals surface area contributed by atoms with Crippen molar-refractivity contribution in [2.75, 3.05) is 24.2 Å². The Labute approximate surface area is 119 Å². The highest BCUT2D eigenvalue weighted by Crippen LogP contribution is 2.19. The molecule has 2 heterocycles. The minimum atomic E-state index is -0.373. The summed E-state index contributed by atoms with van der Waals surface area (Å²) in [7, 11) is 0. The second-order valence-electron chi connectivity index (χ2n) is 4.33. The van der Waals surface area contributed by atoms with Crippen molar-refractivity contribution in [2.24, 2.45) is 0 Å². The van der Waals surface area contributed by atoms with E-state index in [1.807, 2.05) is 18.2 Å². The van der Waals surface area contributed by atoms with E-state index in [0.29, 0.717) is 36.1 Å². The van der Waals surface area contributed by atoms with Crippen LogP contribution < -0.4 is 21.5 Å². The Balaban J connectivity index is 1.58. The van der Waals surface area contributed by atoms with E-state index in [1.54, 1.807) is 18.2 Å². The molecule has 0 fully saturated rings. The summed E-state index contributed by atoms with van der Waals surface area (Å²) in [6.45, 7) is 0.952. The average molecular weight is 286 g/mol. The molecule has 0 atom stereocenters. The Morgan fingerprint density at radius 3 is 3.00 bits per heavy atom. The molecule has 0 bridgehead atoms. The summed E-state index contributed by atoms with van der Waals surface area (Å²) in [4.78, 5) is 11.4. The first-order chi connectivity index (χ1) is 10.2. The van der Waals surface area contributed by atoms with Crippen molar-refractivity contribution in [1.29, 1.82) is 0 Å². The third-order valence-electron chi connectivity index (χ3n) is 2.86. The van der Waals surface area contributed by atoms with Crippen molar-refractivity contribution in [3.8, 4) is 5.75 Å². The number of benzene rings is 1. The third kappa shape index (κ3) is 2.78. The summed E-state index contributed by atoms with van der Waals surface area (Å²) >= 11 is 0. The third-order valence-corrected chi connectivity index (χ3v) is 2.86. The minimum Gasteiger partial charge on any atom is -0.490 e. The number of nitrogens with zero attached hydrogens (tertiary/aromatic N) is 3. The first-order valence-corrected chi connectivity index (χ1v) is 6.40. The molecule has 8 heteroatoms. The molecule has 0 saturated carbocycles. The standard InChI is InChI=1S/C13H14N6O2/c14-9-3-1-2-4-10(9)21-8-7-15-11-5-6-12-16-17-13(20)19(12)18-11/h1-6H,7-8,14H2,(H,15,18)(H,17,20). The Morgan fingerprint density at radius 1 is 1.29 bits per heavy atom. The van der Waals surface area contributed by atoms with Gasteiger partial charge < -0.3 is 15.8 Å². The van der Waals surface area contributed by atoms with Crippen LogP contribution in [0.5, 0.6) is 5.75 Å². The van der Waals surface area contributed by atoms with E-state index in [9.17, 15) is 4.79 Å². The SMILES string of the molecule is Nc1ccccc1OCCNc1ccc2n[nH]c(=O)n2n1. The predicted molar refractivity (Wildman–Crippen MR) is 78.4 cm³/mol. The van der Waals surface area contributed by atoms with Gasteiger partial charge in [0, 0.05) is 0 Å². The van der Waals surface area contributed by atoms with Crippen molar-refractivity contribution in [3.63, 3.8) is 0 Å².